The Balaban J connectivity index is 1.84. The first-order valence-corrected chi connectivity index (χ1v) is 13.1. The van der Waals surface area contributed by atoms with Crippen LogP contribution in [-0.2, 0) is 11.2 Å². The minimum atomic E-state index is -3.35. The second kappa shape index (κ2) is 11.0. The lowest BCUT2D eigenvalue weighted by molar-refractivity contribution is -0.301. The number of aliphatic hydroxyl groups is 4. The van der Waals surface area contributed by atoms with Gasteiger partial charge >= 0.3 is 0 Å². The third kappa shape index (κ3) is 5.79. The smallest absolute Gasteiger partial charge is 0.283 e. The van der Waals surface area contributed by atoms with Gasteiger partial charge in [-0.1, -0.05) is 0 Å². The van der Waals surface area contributed by atoms with E-state index in [-0.39, 0.29) is 33.8 Å². The van der Waals surface area contributed by atoms with Crippen LogP contribution in [0.2, 0.25) is 0 Å². The van der Waals surface area contributed by atoms with Crippen LogP contribution in [0.5, 0.6) is 5.75 Å². The molecule has 1 saturated carbocycles. The van der Waals surface area contributed by atoms with E-state index in [1.807, 2.05) is 0 Å². The average Bonchev–Trinajstić information content (AvgIpc) is 3.75. The molecule has 1 aliphatic carbocycles. The molecule has 0 saturated heterocycles. The van der Waals surface area contributed by atoms with Gasteiger partial charge in [-0.2, -0.15) is 0 Å². The van der Waals surface area contributed by atoms with Crippen LogP contribution in [0.15, 0.2) is 48.2 Å². The number of amides is 1. The normalized spacial score (nSPS) is 15.7. The molecule has 1 amide bonds. The highest BCUT2D eigenvalue weighted by Gasteiger charge is 2.61. The fourth-order valence-electron chi connectivity index (χ4n) is 4.78. The molecule has 0 bridgehead atoms. The second-order valence-corrected chi connectivity index (χ2v) is 11.0. The predicted molar refractivity (Wildman–Crippen MR) is 151 cm³/mol. The molecule has 1 unspecified atom stereocenters. The molecule has 42 heavy (non-hydrogen) atoms. The van der Waals surface area contributed by atoms with E-state index < -0.39 is 46.3 Å². The summed E-state index contributed by atoms with van der Waals surface area (Å²) in [4.78, 5) is 17.6. The van der Waals surface area contributed by atoms with Crippen molar-refractivity contribution in [2.24, 2.45) is 11.7 Å². The number of rotatable bonds is 9. The van der Waals surface area contributed by atoms with Gasteiger partial charge in [0.25, 0.3) is 11.8 Å². The molecule has 9 N–H and O–H groups in total. The van der Waals surface area contributed by atoms with E-state index in [9.17, 15) is 29.6 Å². The molecule has 0 radical (unpaired) electrons. The van der Waals surface area contributed by atoms with Gasteiger partial charge in [0.05, 0.1) is 24.1 Å². The van der Waals surface area contributed by atoms with Gasteiger partial charge in [0.2, 0.25) is 0 Å². The molecule has 1 aromatic heterocycles. The van der Waals surface area contributed by atoms with Crippen LogP contribution in [0, 0.1) is 17.6 Å². The van der Waals surface area contributed by atoms with Gasteiger partial charge in [0, 0.05) is 33.9 Å². The zero-order valence-corrected chi connectivity index (χ0v) is 23.6. The maximum Gasteiger partial charge on any atom is 0.283 e. The molecule has 3 aromatic rings. The Bertz CT molecular complexity index is 1540. The van der Waals surface area contributed by atoms with Crippen molar-refractivity contribution in [1.29, 1.82) is 0 Å². The van der Waals surface area contributed by atoms with Gasteiger partial charge in [-0.3, -0.25) is 10.1 Å². The third-order valence-corrected chi connectivity index (χ3v) is 7.15. The third-order valence-electron chi connectivity index (χ3n) is 7.15. The number of carbonyl (C=O) groups excluding carboxylic acids is 1. The number of benzene rings is 2. The SMILES string of the molecule is COc1cc(C(=O)NC(O)(O)C(O)(c2cc(C(C)(C)O)c(F)c(-c3ccc(F)cc3)n2)C2CC2)cc(/C=C(/C)N)c1N. The van der Waals surface area contributed by atoms with E-state index in [1.54, 1.807) is 6.92 Å². The first-order valence-electron chi connectivity index (χ1n) is 13.1. The number of halogens is 2. The van der Waals surface area contributed by atoms with Crippen molar-refractivity contribution in [1.82, 2.24) is 10.3 Å². The standard InChI is InChI=1S/C30H34F2N4O6/c1-15(33)11-17-12-18(13-22(42-4)25(17)34)27(37)36-30(40,41)29(39,19-7-8-19)23-14-21(28(2,3)38)24(32)26(35-23)16-5-9-20(31)10-6-16/h5-6,9-14,19,38-41H,7-8,33-34H2,1-4H3,(H,36,37)/b15-11-. The summed E-state index contributed by atoms with van der Waals surface area (Å²) in [6, 6.07) is 8.32. The maximum atomic E-state index is 15.7. The molecular formula is C30H34F2N4O6. The zero-order chi connectivity index (χ0) is 31.2. The van der Waals surface area contributed by atoms with Crippen molar-refractivity contribution < 1.29 is 38.7 Å². The molecule has 4 rings (SSSR count). The topological polar surface area (TPSA) is 184 Å². The molecule has 1 atom stereocenters. The van der Waals surface area contributed by atoms with Crippen LogP contribution >= 0.6 is 0 Å². The number of nitrogens with two attached hydrogens (primary N) is 2. The number of nitrogens with zero attached hydrogens (tertiary/aromatic N) is 1. The Hall–Kier alpha value is -4.10. The van der Waals surface area contributed by atoms with E-state index in [0.29, 0.717) is 24.1 Å². The Morgan fingerprint density at radius 1 is 1.10 bits per heavy atom. The van der Waals surface area contributed by atoms with Crippen LogP contribution in [0.25, 0.3) is 17.3 Å². The number of allylic oxidation sites excluding steroid dienone is 1. The number of hydrogen-bond acceptors (Lipinski definition) is 9. The second-order valence-electron chi connectivity index (χ2n) is 11.0. The van der Waals surface area contributed by atoms with E-state index in [1.165, 1.54) is 51.3 Å². The summed E-state index contributed by atoms with van der Waals surface area (Å²) in [7, 11) is 1.34. The summed E-state index contributed by atoms with van der Waals surface area (Å²) in [5.41, 5.74) is 7.18. The summed E-state index contributed by atoms with van der Waals surface area (Å²) in [6.45, 7) is 4.21. The monoisotopic (exact) mass is 584 g/mol. The van der Waals surface area contributed by atoms with E-state index in [4.69, 9.17) is 16.2 Å². The van der Waals surface area contributed by atoms with Crippen molar-refractivity contribution in [2.75, 3.05) is 12.8 Å². The van der Waals surface area contributed by atoms with Crippen LogP contribution in [0.4, 0.5) is 14.5 Å². The van der Waals surface area contributed by atoms with Crippen LogP contribution < -0.4 is 21.5 Å². The van der Waals surface area contributed by atoms with E-state index in [0.717, 1.165) is 18.2 Å². The lowest BCUT2D eigenvalue weighted by Gasteiger charge is -2.40. The molecule has 0 spiro atoms. The minimum Gasteiger partial charge on any atom is -0.495 e. The number of pyridine rings is 1. The highest BCUT2D eigenvalue weighted by molar-refractivity contribution is 5.97. The molecule has 2 aromatic carbocycles. The number of ether oxygens (including phenoxy) is 1. The fourth-order valence-corrected chi connectivity index (χ4v) is 4.78. The summed E-state index contributed by atoms with van der Waals surface area (Å²) < 4.78 is 34.5. The predicted octanol–water partition coefficient (Wildman–Crippen LogP) is 2.83. The van der Waals surface area contributed by atoms with Gasteiger partial charge in [-0.05, 0) is 82.2 Å². The van der Waals surface area contributed by atoms with Crippen LogP contribution in [0.3, 0.4) is 0 Å². The molecule has 1 fully saturated rings. The molecule has 1 heterocycles. The van der Waals surface area contributed by atoms with Crippen LogP contribution in [-0.4, -0.2) is 44.3 Å². The van der Waals surface area contributed by atoms with E-state index in [2.05, 4.69) is 10.3 Å². The number of methoxy groups -OCH3 is 1. The number of aromatic nitrogens is 1. The van der Waals surface area contributed by atoms with Gasteiger partial charge in [0.1, 0.15) is 17.3 Å². The Labute approximate surface area is 241 Å². The lowest BCUT2D eigenvalue weighted by atomic mass is 9.85. The summed E-state index contributed by atoms with van der Waals surface area (Å²) >= 11 is 0. The molecule has 10 nitrogen and oxygen atoms in total. The molecule has 224 valence electrons. The van der Waals surface area contributed by atoms with Crippen molar-refractivity contribution in [2.45, 2.75) is 50.7 Å². The van der Waals surface area contributed by atoms with E-state index >= 15 is 4.39 Å². The molecule has 12 heteroatoms. The van der Waals surface area contributed by atoms with Gasteiger partial charge in [-0.25, -0.2) is 13.8 Å². The first-order chi connectivity index (χ1) is 19.5. The number of nitrogen functional groups attached to an aromatic ring is 1. The van der Waals surface area contributed by atoms with Crippen LogP contribution in [0.1, 0.15) is 60.8 Å². The van der Waals surface area contributed by atoms with Gasteiger partial charge < -0.3 is 36.6 Å². The van der Waals surface area contributed by atoms with Gasteiger partial charge in [0.15, 0.2) is 11.4 Å². The highest BCUT2D eigenvalue weighted by Crippen LogP contribution is 2.50. The first kappa shape index (κ1) is 30.8. The van der Waals surface area contributed by atoms with Crippen molar-refractivity contribution in [3.8, 4) is 17.0 Å². The quantitative estimate of drug-likeness (QED) is 0.147. The maximum absolute atomic E-state index is 15.7. The summed E-state index contributed by atoms with van der Waals surface area (Å²) in [5, 5.41) is 47.4. The Kier molecular flexibility index (Phi) is 8.04. The van der Waals surface area contributed by atoms with Crippen molar-refractivity contribution in [3.05, 3.63) is 82.2 Å². The molecule has 1 aliphatic rings. The average molecular weight is 585 g/mol. The summed E-state index contributed by atoms with van der Waals surface area (Å²) in [6.07, 6.45) is 2.13. The van der Waals surface area contributed by atoms with Crippen molar-refractivity contribution >= 4 is 17.7 Å². The molecule has 0 aliphatic heterocycles. The Morgan fingerprint density at radius 3 is 2.24 bits per heavy atom. The largest absolute Gasteiger partial charge is 0.495 e. The zero-order valence-electron chi connectivity index (χ0n) is 23.6. The highest BCUT2D eigenvalue weighted by atomic mass is 19.1. The summed E-state index contributed by atoms with van der Waals surface area (Å²) in [5.74, 6) is -6.61. The molecular weight excluding hydrogens is 550 g/mol. The Morgan fingerprint density at radius 2 is 1.71 bits per heavy atom. The number of nitrogens with one attached hydrogen (secondary N) is 1. The number of hydrogen-bond donors (Lipinski definition) is 7. The lowest BCUT2D eigenvalue weighted by Crippen LogP contribution is -2.64. The fraction of sp³-hybridized carbons (Fsp3) is 0.333. The minimum absolute atomic E-state index is 0.101. The number of anilines is 1. The van der Waals surface area contributed by atoms with Crippen molar-refractivity contribution in [3.63, 3.8) is 0 Å². The number of carbonyl (C=O) groups is 1. The van der Waals surface area contributed by atoms with Gasteiger partial charge in [-0.15, -0.1) is 0 Å².